The van der Waals surface area contributed by atoms with E-state index in [-0.39, 0.29) is 18.2 Å². The van der Waals surface area contributed by atoms with Crippen molar-refractivity contribution in [2.75, 3.05) is 6.61 Å². The lowest BCUT2D eigenvalue weighted by Crippen LogP contribution is -2.10. The Morgan fingerprint density at radius 3 is 2.82 bits per heavy atom. The first kappa shape index (κ1) is 12.3. The van der Waals surface area contributed by atoms with Gasteiger partial charge in [0.1, 0.15) is 11.6 Å². The van der Waals surface area contributed by atoms with Crippen LogP contribution in [0.25, 0.3) is 0 Å². The lowest BCUT2D eigenvalue weighted by molar-refractivity contribution is 0.0925. The van der Waals surface area contributed by atoms with E-state index in [0.29, 0.717) is 10.6 Å². The number of hydrogen-bond donors (Lipinski definition) is 0. The van der Waals surface area contributed by atoms with Crippen molar-refractivity contribution in [1.82, 2.24) is 0 Å². The standard InChI is InChI=1S/C12H8BrFO2S/c13-12-5-4-11(17-12)10(15)7-16-9-3-1-2-8(14)6-9/h1-6H,7H2. The van der Waals surface area contributed by atoms with Gasteiger partial charge in [0.15, 0.2) is 6.61 Å². The van der Waals surface area contributed by atoms with Crippen LogP contribution in [-0.4, -0.2) is 12.4 Å². The first-order valence-electron chi connectivity index (χ1n) is 4.82. The molecule has 88 valence electrons. The summed E-state index contributed by atoms with van der Waals surface area (Å²) in [5, 5.41) is 0. The normalized spacial score (nSPS) is 10.2. The van der Waals surface area contributed by atoms with Crippen LogP contribution in [0.5, 0.6) is 5.75 Å². The number of hydrogen-bond acceptors (Lipinski definition) is 3. The molecule has 0 aliphatic carbocycles. The first-order chi connectivity index (χ1) is 8.15. The number of Topliss-reactive ketones (excluding diaryl/α,β-unsaturated/α-hetero) is 1. The van der Waals surface area contributed by atoms with E-state index in [1.165, 1.54) is 29.5 Å². The molecule has 0 radical (unpaired) electrons. The van der Waals surface area contributed by atoms with E-state index >= 15 is 0 Å². The summed E-state index contributed by atoms with van der Waals surface area (Å²) in [4.78, 5) is 12.3. The van der Waals surface area contributed by atoms with Crippen molar-refractivity contribution in [3.63, 3.8) is 0 Å². The van der Waals surface area contributed by atoms with Crippen molar-refractivity contribution in [3.8, 4) is 5.75 Å². The fourth-order valence-corrected chi connectivity index (χ4v) is 2.55. The van der Waals surface area contributed by atoms with Crippen LogP contribution in [0.4, 0.5) is 4.39 Å². The minimum Gasteiger partial charge on any atom is -0.485 e. The molecule has 0 amide bonds. The predicted octanol–water partition coefficient (Wildman–Crippen LogP) is 3.91. The first-order valence-corrected chi connectivity index (χ1v) is 6.43. The van der Waals surface area contributed by atoms with Crippen LogP contribution < -0.4 is 4.74 Å². The van der Waals surface area contributed by atoms with E-state index in [4.69, 9.17) is 4.74 Å². The van der Waals surface area contributed by atoms with Crippen molar-refractivity contribution in [3.05, 3.63) is 50.9 Å². The maximum atomic E-state index is 12.8. The largest absolute Gasteiger partial charge is 0.485 e. The molecular weight excluding hydrogens is 307 g/mol. The quantitative estimate of drug-likeness (QED) is 0.800. The molecule has 0 saturated carbocycles. The summed E-state index contributed by atoms with van der Waals surface area (Å²) in [6.45, 7) is -0.0869. The van der Waals surface area contributed by atoms with E-state index in [2.05, 4.69) is 15.9 Å². The molecule has 0 saturated heterocycles. The second kappa shape index (κ2) is 5.42. The molecule has 1 heterocycles. The van der Waals surface area contributed by atoms with E-state index in [1.54, 1.807) is 18.2 Å². The monoisotopic (exact) mass is 314 g/mol. The zero-order chi connectivity index (χ0) is 12.3. The molecule has 0 aliphatic rings. The Bertz CT molecular complexity index is 539. The van der Waals surface area contributed by atoms with Crippen molar-refractivity contribution in [2.45, 2.75) is 0 Å². The lowest BCUT2D eigenvalue weighted by Gasteiger charge is -2.03. The average Bonchev–Trinajstić information content (AvgIpc) is 2.73. The van der Waals surface area contributed by atoms with Crippen LogP contribution >= 0.6 is 27.3 Å². The molecule has 2 aromatic rings. The molecule has 5 heteroatoms. The highest BCUT2D eigenvalue weighted by Crippen LogP contribution is 2.22. The van der Waals surface area contributed by atoms with Gasteiger partial charge in [-0.15, -0.1) is 11.3 Å². The minimum atomic E-state index is -0.381. The number of carbonyl (C=O) groups excluding carboxylic acids is 1. The summed E-state index contributed by atoms with van der Waals surface area (Å²) in [6, 6.07) is 9.26. The van der Waals surface area contributed by atoms with Crippen molar-refractivity contribution >= 4 is 33.0 Å². The Hall–Kier alpha value is -1.20. The second-order valence-electron chi connectivity index (χ2n) is 3.27. The maximum absolute atomic E-state index is 12.8. The predicted molar refractivity (Wildman–Crippen MR) is 68.2 cm³/mol. The molecule has 0 bridgehead atoms. The molecule has 1 aromatic carbocycles. The third kappa shape index (κ3) is 3.38. The van der Waals surface area contributed by atoms with Crippen molar-refractivity contribution in [2.24, 2.45) is 0 Å². The lowest BCUT2D eigenvalue weighted by atomic mass is 10.3. The van der Waals surface area contributed by atoms with Gasteiger partial charge >= 0.3 is 0 Å². The van der Waals surface area contributed by atoms with Crippen LogP contribution in [0, 0.1) is 5.82 Å². The SMILES string of the molecule is O=C(COc1cccc(F)c1)c1ccc(Br)s1. The molecule has 0 fully saturated rings. The summed E-state index contributed by atoms with van der Waals surface area (Å²) in [7, 11) is 0. The van der Waals surface area contributed by atoms with Gasteiger partial charge in [0.25, 0.3) is 0 Å². The fourth-order valence-electron chi connectivity index (χ4n) is 1.24. The highest BCUT2D eigenvalue weighted by molar-refractivity contribution is 9.11. The smallest absolute Gasteiger partial charge is 0.210 e. The Morgan fingerprint density at radius 2 is 2.18 bits per heavy atom. The number of halogens is 2. The van der Waals surface area contributed by atoms with Gasteiger partial charge in [0, 0.05) is 6.07 Å². The molecule has 0 aliphatic heterocycles. The van der Waals surface area contributed by atoms with Crippen LogP contribution in [0.3, 0.4) is 0 Å². The molecular formula is C12H8BrFO2S. The van der Waals surface area contributed by atoms with Gasteiger partial charge in [-0.3, -0.25) is 4.79 Å². The number of thiophene rings is 1. The van der Waals surface area contributed by atoms with Crippen LogP contribution in [0.1, 0.15) is 9.67 Å². The zero-order valence-electron chi connectivity index (χ0n) is 8.65. The minimum absolute atomic E-state index is 0.0869. The Labute approximate surface area is 110 Å². The van der Waals surface area contributed by atoms with E-state index < -0.39 is 0 Å². The zero-order valence-corrected chi connectivity index (χ0v) is 11.1. The summed E-state index contributed by atoms with van der Waals surface area (Å²) in [5.41, 5.74) is 0. The number of ketones is 1. The van der Waals surface area contributed by atoms with Crippen LogP contribution in [0.15, 0.2) is 40.2 Å². The van der Waals surface area contributed by atoms with Crippen molar-refractivity contribution in [1.29, 1.82) is 0 Å². The molecule has 0 N–H and O–H groups in total. The third-order valence-corrected chi connectivity index (χ3v) is 3.68. The average molecular weight is 315 g/mol. The fraction of sp³-hybridized carbons (Fsp3) is 0.0833. The number of ether oxygens (including phenoxy) is 1. The molecule has 0 unspecified atom stereocenters. The second-order valence-corrected chi connectivity index (χ2v) is 5.74. The molecule has 2 nitrogen and oxygen atoms in total. The van der Waals surface area contributed by atoms with Crippen molar-refractivity contribution < 1.29 is 13.9 Å². The number of benzene rings is 1. The topological polar surface area (TPSA) is 26.3 Å². The van der Waals surface area contributed by atoms with E-state index in [1.807, 2.05) is 0 Å². The molecule has 17 heavy (non-hydrogen) atoms. The van der Waals surface area contributed by atoms with Gasteiger partial charge in [-0.25, -0.2) is 4.39 Å². The summed E-state index contributed by atoms with van der Waals surface area (Å²) in [5.74, 6) is -0.146. The number of rotatable bonds is 4. The number of carbonyl (C=O) groups is 1. The molecule has 1 aromatic heterocycles. The van der Waals surface area contributed by atoms with Gasteiger partial charge in [0.05, 0.1) is 8.66 Å². The molecule has 2 rings (SSSR count). The van der Waals surface area contributed by atoms with E-state index in [9.17, 15) is 9.18 Å². The van der Waals surface area contributed by atoms with Crippen LogP contribution in [-0.2, 0) is 0 Å². The summed E-state index contributed by atoms with van der Waals surface area (Å²) >= 11 is 4.63. The Kier molecular flexibility index (Phi) is 3.91. The molecule has 0 atom stereocenters. The Balaban J connectivity index is 1.97. The highest BCUT2D eigenvalue weighted by Gasteiger charge is 2.09. The Morgan fingerprint density at radius 1 is 1.35 bits per heavy atom. The summed E-state index contributed by atoms with van der Waals surface area (Å²) in [6.07, 6.45) is 0. The summed E-state index contributed by atoms with van der Waals surface area (Å²) < 4.78 is 19.0. The van der Waals surface area contributed by atoms with Gasteiger partial charge in [-0.05, 0) is 40.2 Å². The van der Waals surface area contributed by atoms with Gasteiger partial charge < -0.3 is 4.74 Å². The highest BCUT2D eigenvalue weighted by atomic mass is 79.9. The van der Waals surface area contributed by atoms with Crippen LogP contribution in [0.2, 0.25) is 0 Å². The molecule has 0 spiro atoms. The van der Waals surface area contributed by atoms with Gasteiger partial charge in [-0.1, -0.05) is 6.07 Å². The maximum Gasteiger partial charge on any atom is 0.210 e. The van der Waals surface area contributed by atoms with Gasteiger partial charge in [0.2, 0.25) is 5.78 Å². The van der Waals surface area contributed by atoms with Gasteiger partial charge in [-0.2, -0.15) is 0 Å². The van der Waals surface area contributed by atoms with E-state index in [0.717, 1.165) is 3.79 Å². The third-order valence-electron chi connectivity index (χ3n) is 2.01.